The molecule has 0 saturated carbocycles. The number of carbonyl (C=O) groups excluding carboxylic acids is 1. The summed E-state index contributed by atoms with van der Waals surface area (Å²) in [5, 5.41) is 21.5. The lowest BCUT2D eigenvalue weighted by molar-refractivity contribution is -0.254. The number of hydrogen-bond acceptors (Lipinski definition) is 6. The number of nitrogens with one attached hydrogen (secondary N) is 4. The molecule has 9 heteroatoms. The third-order valence-corrected chi connectivity index (χ3v) is 11.0. The van der Waals surface area contributed by atoms with E-state index in [0.717, 1.165) is 98.7 Å². The summed E-state index contributed by atoms with van der Waals surface area (Å²) in [5.41, 5.74) is 18.0. The molecule has 0 bridgehead atoms. The third-order valence-electron chi connectivity index (χ3n) is 11.0. The monoisotopic (exact) mass is 754 g/mol. The molecule has 57 heavy (non-hydrogen) atoms. The average Bonchev–Trinajstić information content (AvgIpc) is 3.81. The van der Waals surface area contributed by atoms with Crippen LogP contribution in [0.5, 0.6) is 0 Å². The summed E-state index contributed by atoms with van der Waals surface area (Å²) in [6, 6.07) is 28.1. The highest BCUT2D eigenvalue weighted by Crippen LogP contribution is 2.41. The highest BCUT2D eigenvalue weighted by molar-refractivity contribution is 6.12. The van der Waals surface area contributed by atoms with Crippen molar-refractivity contribution in [2.45, 2.75) is 67.2 Å². The number of rotatable bonds is 12. The fourth-order valence-electron chi connectivity index (χ4n) is 8.05. The number of hydrogen-bond donors (Lipinski definition) is 4. The molecule has 3 heterocycles. The number of carbonyl (C=O) groups is 1. The second-order valence-electron chi connectivity index (χ2n) is 14.9. The van der Waals surface area contributed by atoms with Crippen LogP contribution in [0.2, 0.25) is 0 Å². The van der Waals surface area contributed by atoms with Gasteiger partial charge in [-0.3, -0.25) is 0 Å². The van der Waals surface area contributed by atoms with Crippen molar-refractivity contribution in [3.63, 3.8) is 0 Å². The first kappa shape index (κ1) is 37.2. The van der Waals surface area contributed by atoms with E-state index in [2.05, 4.69) is 82.5 Å². The number of benzene rings is 5. The summed E-state index contributed by atoms with van der Waals surface area (Å²) >= 11 is 0. The van der Waals surface area contributed by atoms with Gasteiger partial charge in [-0.1, -0.05) is 62.4 Å². The first-order valence-electron chi connectivity index (χ1n) is 19.5. The Morgan fingerprint density at radius 2 is 1.16 bits per heavy atom. The first-order valence-corrected chi connectivity index (χ1v) is 19.5. The lowest BCUT2D eigenvalue weighted by Crippen LogP contribution is -2.23. The van der Waals surface area contributed by atoms with Crippen molar-refractivity contribution in [3.05, 3.63) is 159 Å². The van der Waals surface area contributed by atoms with Gasteiger partial charge in [0.1, 0.15) is 0 Å². The van der Waals surface area contributed by atoms with Crippen LogP contribution in [0.25, 0.3) is 33.1 Å². The van der Waals surface area contributed by atoms with E-state index >= 15 is 0 Å². The van der Waals surface area contributed by atoms with E-state index in [1.807, 2.05) is 62.4 Å². The minimum absolute atomic E-state index is 0.123. The predicted octanol–water partition coefficient (Wildman–Crippen LogP) is 10.4. The maximum absolute atomic E-state index is 12.5. The van der Waals surface area contributed by atoms with E-state index in [1.54, 1.807) is 24.8 Å². The Labute approximate surface area is 332 Å². The van der Waals surface area contributed by atoms with Gasteiger partial charge in [0, 0.05) is 58.1 Å². The van der Waals surface area contributed by atoms with Gasteiger partial charge in [-0.15, -0.1) is 0 Å². The molecule has 0 fully saturated rings. The minimum atomic E-state index is -1.23. The first-order chi connectivity index (χ1) is 27.6. The van der Waals surface area contributed by atoms with Crippen molar-refractivity contribution in [1.29, 1.82) is 0 Å². The molecule has 9 nitrogen and oxygen atoms in total. The molecule has 286 valence electrons. The van der Waals surface area contributed by atoms with E-state index in [4.69, 9.17) is 4.42 Å². The summed E-state index contributed by atoms with van der Waals surface area (Å²) in [4.78, 5) is 27.7. The van der Waals surface area contributed by atoms with Gasteiger partial charge in [-0.05, 0) is 104 Å². The number of aryl methyl sites for hydroxylation is 6. The van der Waals surface area contributed by atoms with Crippen LogP contribution in [0.4, 0.5) is 22.7 Å². The van der Waals surface area contributed by atoms with Crippen LogP contribution < -0.4 is 15.7 Å². The maximum Gasteiger partial charge on any atom is 0.363 e. The summed E-state index contributed by atoms with van der Waals surface area (Å²) in [5.74, 6) is -1.23. The molecule has 3 aromatic heterocycles. The fraction of sp³-hybridized carbons (Fsp3) is 0.208. The zero-order valence-corrected chi connectivity index (χ0v) is 33.2. The molecule has 0 saturated heterocycles. The SMILES string of the molecule is CCc1cc(Cc2[nH]cnc2C)cc(C)c1Nc1ccc2c(-c3ccccc3C(=O)[O-])c3ccc(Nc4c(C)cc(Cc5[nH]cnc5C)cc4CC)cc3[o+]c2c1. The van der Waals surface area contributed by atoms with Gasteiger partial charge in [-0.2, -0.15) is 0 Å². The lowest BCUT2D eigenvalue weighted by Gasteiger charge is -2.17. The topological polar surface area (TPSA) is 133 Å². The van der Waals surface area contributed by atoms with Crippen molar-refractivity contribution < 1.29 is 14.3 Å². The number of carboxylic acid groups (broad SMARTS) is 1. The molecule has 0 amide bonds. The Kier molecular flexibility index (Phi) is 10.1. The minimum Gasteiger partial charge on any atom is -0.545 e. The van der Waals surface area contributed by atoms with Crippen molar-refractivity contribution >= 4 is 50.7 Å². The number of anilines is 4. The second-order valence-corrected chi connectivity index (χ2v) is 14.9. The Balaban J connectivity index is 1.20. The van der Waals surface area contributed by atoms with Gasteiger partial charge in [0.25, 0.3) is 0 Å². The van der Waals surface area contributed by atoms with Crippen LogP contribution in [-0.4, -0.2) is 25.9 Å². The Morgan fingerprint density at radius 3 is 1.60 bits per heavy atom. The highest BCUT2D eigenvalue weighted by Gasteiger charge is 2.24. The quantitative estimate of drug-likeness (QED) is 0.0721. The molecule has 0 radical (unpaired) electrons. The predicted molar refractivity (Wildman–Crippen MR) is 228 cm³/mol. The summed E-state index contributed by atoms with van der Waals surface area (Å²) in [7, 11) is 0. The molecule has 0 aliphatic carbocycles. The zero-order chi connectivity index (χ0) is 39.8. The second kappa shape index (κ2) is 15.4. The van der Waals surface area contributed by atoms with Gasteiger partial charge < -0.3 is 30.5 Å². The van der Waals surface area contributed by atoms with E-state index in [1.165, 1.54) is 22.3 Å². The highest BCUT2D eigenvalue weighted by atomic mass is 16.4. The number of aromatic nitrogens is 4. The molecular weight excluding hydrogens is 709 g/mol. The Morgan fingerprint density at radius 1 is 0.667 bits per heavy atom. The molecule has 0 aliphatic heterocycles. The number of H-pyrrole nitrogens is 2. The van der Waals surface area contributed by atoms with Crippen molar-refractivity contribution in [3.8, 4) is 11.1 Å². The average molecular weight is 755 g/mol. The molecule has 0 atom stereocenters. The lowest BCUT2D eigenvalue weighted by atomic mass is 9.93. The summed E-state index contributed by atoms with van der Waals surface area (Å²) in [6.45, 7) is 12.6. The number of carboxylic acids is 1. The molecule has 0 spiro atoms. The number of nitrogens with zero attached hydrogens (tertiary/aromatic N) is 2. The van der Waals surface area contributed by atoms with Gasteiger partial charge in [0.05, 0.1) is 52.9 Å². The zero-order valence-electron chi connectivity index (χ0n) is 33.2. The Bertz CT molecular complexity index is 2650. The molecule has 0 aliphatic rings. The van der Waals surface area contributed by atoms with Gasteiger partial charge >= 0.3 is 11.2 Å². The van der Waals surface area contributed by atoms with E-state index in [0.29, 0.717) is 16.7 Å². The van der Waals surface area contributed by atoms with Crippen LogP contribution in [0.3, 0.4) is 0 Å². The third kappa shape index (κ3) is 7.36. The summed E-state index contributed by atoms with van der Waals surface area (Å²) < 4.78 is 6.76. The normalized spacial score (nSPS) is 11.4. The maximum atomic E-state index is 12.5. The number of fused-ring (bicyclic) bond motifs is 2. The molecule has 8 aromatic rings. The van der Waals surface area contributed by atoms with Crippen LogP contribution in [0, 0.1) is 27.7 Å². The molecule has 4 N–H and O–H groups in total. The molecule has 5 aromatic carbocycles. The Hall–Kier alpha value is -6.74. The summed E-state index contributed by atoms with van der Waals surface area (Å²) in [6.07, 6.45) is 6.76. The fourth-order valence-corrected chi connectivity index (χ4v) is 8.05. The van der Waals surface area contributed by atoms with Gasteiger partial charge in [0.2, 0.25) is 0 Å². The smallest absolute Gasteiger partial charge is 0.363 e. The standard InChI is InChI=1S/C48H46N6O3/c1-7-33-19-31(21-41-29(5)49-25-51-41)17-27(3)46(33)53-35-13-15-39-43(23-35)57-44-24-36(14-16-40(44)45(39)37-11-9-10-12-38(37)48(55)56)54-47-28(4)18-32(20-34(47)8-2)22-42-30(6)50-26-52-42/h9-20,23-26,53-54H,7-8,21-22H2,1-6H3,(H2-,49,50,51,52,55,56). The molecule has 8 rings (SSSR count). The van der Waals surface area contributed by atoms with E-state index in [9.17, 15) is 9.90 Å². The molecular formula is C48H46N6O3. The van der Waals surface area contributed by atoms with Crippen LogP contribution in [-0.2, 0) is 25.7 Å². The number of aromatic carboxylic acids is 1. The van der Waals surface area contributed by atoms with E-state index in [-0.39, 0.29) is 5.56 Å². The van der Waals surface area contributed by atoms with Crippen LogP contribution >= 0.6 is 0 Å². The largest absolute Gasteiger partial charge is 0.545 e. The van der Waals surface area contributed by atoms with Crippen LogP contribution in [0.15, 0.2) is 102 Å². The van der Waals surface area contributed by atoms with Crippen LogP contribution in [0.1, 0.15) is 80.4 Å². The van der Waals surface area contributed by atoms with Crippen molar-refractivity contribution in [2.24, 2.45) is 0 Å². The number of aromatic amines is 2. The number of imidazole rings is 2. The van der Waals surface area contributed by atoms with E-state index < -0.39 is 5.97 Å². The van der Waals surface area contributed by atoms with Crippen molar-refractivity contribution in [2.75, 3.05) is 10.6 Å². The van der Waals surface area contributed by atoms with Gasteiger partial charge in [-0.25, -0.2) is 14.4 Å². The van der Waals surface area contributed by atoms with Gasteiger partial charge in [0.15, 0.2) is 0 Å². The molecule has 0 unspecified atom stereocenters. The van der Waals surface area contributed by atoms with Crippen molar-refractivity contribution in [1.82, 2.24) is 19.9 Å².